The van der Waals surface area contributed by atoms with E-state index in [-0.39, 0.29) is 22.6 Å². The first-order chi connectivity index (χ1) is 10.8. The van der Waals surface area contributed by atoms with Crippen molar-refractivity contribution in [2.45, 2.75) is 13.8 Å². The van der Waals surface area contributed by atoms with Crippen LogP contribution >= 0.6 is 0 Å². The molecular formula is C15H13N3O5. The highest BCUT2D eigenvalue weighted by Crippen LogP contribution is 2.26. The minimum absolute atomic E-state index is 0.0989. The van der Waals surface area contributed by atoms with Gasteiger partial charge in [0, 0.05) is 22.9 Å². The van der Waals surface area contributed by atoms with E-state index in [1.54, 1.807) is 6.92 Å². The summed E-state index contributed by atoms with van der Waals surface area (Å²) < 4.78 is 0. The molecule has 0 saturated carbocycles. The third-order valence-corrected chi connectivity index (χ3v) is 3.33. The van der Waals surface area contributed by atoms with E-state index in [2.05, 4.69) is 5.32 Å². The monoisotopic (exact) mass is 315 g/mol. The highest BCUT2D eigenvalue weighted by molar-refractivity contribution is 6.07. The van der Waals surface area contributed by atoms with Crippen LogP contribution in [0, 0.1) is 34.1 Å². The van der Waals surface area contributed by atoms with Crippen molar-refractivity contribution >= 4 is 23.0 Å². The fourth-order valence-electron chi connectivity index (χ4n) is 2.17. The lowest BCUT2D eigenvalue weighted by Crippen LogP contribution is -2.14. The summed E-state index contributed by atoms with van der Waals surface area (Å²) >= 11 is 0. The van der Waals surface area contributed by atoms with Crippen LogP contribution < -0.4 is 5.32 Å². The molecule has 8 heteroatoms. The molecule has 0 aromatic heterocycles. The van der Waals surface area contributed by atoms with Crippen molar-refractivity contribution in [1.82, 2.24) is 0 Å². The van der Waals surface area contributed by atoms with Crippen LogP contribution in [-0.2, 0) is 0 Å². The Bertz CT molecular complexity index is 817. The van der Waals surface area contributed by atoms with Gasteiger partial charge in [-0.1, -0.05) is 18.2 Å². The van der Waals surface area contributed by atoms with Crippen molar-refractivity contribution < 1.29 is 14.6 Å². The molecule has 118 valence electrons. The number of rotatable bonds is 4. The van der Waals surface area contributed by atoms with Gasteiger partial charge in [-0.3, -0.25) is 25.0 Å². The van der Waals surface area contributed by atoms with Crippen LogP contribution in [0.2, 0.25) is 0 Å². The van der Waals surface area contributed by atoms with E-state index in [4.69, 9.17) is 0 Å². The Morgan fingerprint density at radius 1 is 1.00 bits per heavy atom. The molecule has 0 heterocycles. The molecule has 0 bridgehead atoms. The maximum absolute atomic E-state index is 12.3. The first-order valence-electron chi connectivity index (χ1n) is 6.61. The number of hydrogen-bond donors (Lipinski definition) is 1. The van der Waals surface area contributed by atoms with Crippen LogP contribution in [0.1, 0.15) is 21.5 Å². The van der Waals surface area contributed by atoms with Crippen LogP contribution in [0.25, 0.3) is 0 Å². The second kappa shape index (κ2) is 6.22. The molecule has 2 rings (SSSR count). The SMILES string of the molecule is Cc1ccc(NC(=O)c2cccc(C)c2[N+](=O)[O-])cc1[N+](=O)[O-]. The summed E-state index contributed by atoms with van der Waals surface area (Å²) in [4.78, 5) is 33.1. The van der Waals surface area contributed by atoms with Gasteiger partial charge in [-0.15, -0.1) is 0 Å². The number of amides is 1. The molecule has 0 saturated heterocycles. The van der Waals surface area contributed by atoms with Crippen molar-refractivity contribution in [2.24, 2.45) is 0 Å². The number of nitro groups is 2. The zero-order valence-corrected chi connectivity index (χ0v) is 12.4. The van der Waals surface area contributed by atoms with Gasteiger partial charge in [0.2, 0.25) is 0 Å². The predicted octanol–water partition coefficient (Wildman–Crippen LogP) is 3.37. The zero-order valence-electron chi connectivity index (χ0n) is 12.4. The predicted molar refractivity (Wildman–Crippen MR) is 83.6 cm³/mol. The molecule has 2 aromatic rings. The Kier molecular flexibility index (Phi) is 4.35. The van der Waals surface area contributed by atoms with Crippen molar-refractivity contribution in [1.29, 1.82) is 0 Å². The molecule has 23 heavy (non-hydrogen) atoms. The Morgan fingerprint density at radius 3 is 2.30 bits per heavy atom. The molecular weight excluding hydrogens is 302 g/mol. The largest absolute Gasteiger partial charge is 0.322 e. The summed E-state index contributed by atoms with van der Waals surface area (Å²) in [6.45, 7) is 3.11. The average molecular weight is 315 g/mol. The maximum atomic E-state index is 12.3. The van der Waals surface area contributed by atoms with Gasteiger partial charge in [0.05, 0.1) is 9.85 Å². The molecule has 0 aliphatic carbocycles. The minimum atomic E-state index is -0.696. The number of nitrogens with one attached hydrogen (secondary N) is 1. The lowest BCUT2D eigenvalue weighted by Gasteiger charge is -2.08. The van der Waals surface area contributed by atoms with E-state index in [1.165, 1.54) is 43.3 Å². The van der Waals surface area contributed by atoms with Crippen LogP contribution in [0.15, 0.2) is 36.4 Å². The molecule has 0 atom stereocenters. The van der Waals surface area contributed by atoms with Gasteiger partial charge in [-0.25, -0.2) is 0 Å². The number of para-hydroxylation sites is 1. The van der Waals surface area contributed by atoms with Gasteiger partial charge in [0.25, 0.3) is 17.3 Å². The number of nitro benzene ring substituents is 2. The highest BCUT2D eigenvalue weighted by atomic mass is 16.6. The Morgan fingerprint density at radius 2 is 1.70 bits per heavy atom. The van der Waals surface area contributed by atoms with Gasteiger partial charge in [-0.2, -0.15) is 0 Å². The molecule has 0 fully saturated rings. The second-order valence-corrected chi connectivity index (χ2v) is 4.94. The normalized spacial score (nSPS) is 10.2. The van der Waals surface area contributed by atoms with E-state index in [0.717, 1.165) is 0 Å². The standard InChI is InChI=1S/C15H13N3O5/c1-9-6-7-11(8-13(9)17(20)21)16-15(19)12-5-3-4-10(2)14(12)18(22)23/h3-8H,1-2H3,(H,16,19). The first kappa shape index (κ1) is 16.1. The second-order valence-electron chi connectivity index (χ2n) is 4.94. The van der Waals surface area contributed by atoms with Crippen LogP contribution in [0.3, 0.4) is 0 Å². The number of carbonyl (C=O) groups is 1. The topological polar surface area (TPSA) is 115 Å². The van der Waals surface area contributed by atoms with Crippen molar-refractivity contribution in [3.8, 4) is 0 Å². The van der Waals surface area contributed by atoms with Crippen LogP contribution in [0.4, 0.5) is 17.1 Å². The lowest BCUT2D eigenvalue weighted by atomic mass is 10.1. The van der Waals surface area contributed by atoms with Gasteiger partial charge in [-0.05, 0) is 26.0 Å². The summed E-state index contributed by atoms with van der Waals surface area (Å²) in [5, 5.41) is 24.5. The fraction of sp³-hybridized carbons (Fsp3) is 0.133. The molecule has 2 aromatic carbocycles. The Labute approximate surface area is 131 Å². The van der Waals surface area contributed by atoms with Crippen molar-refractivity contribution in [2.75, 3.05) is 5.32 Å². The van der Waals surface area contributed by atoms with E-state index in [0.29, 0.717) is 11.1 Å². The molecule has 0 aliphatic rings. The van der Waals surface area contributed by atoms with Crippen molar-refractivity contribution in [3.05, 3.63) is 73.3 Å². The molecule has 0 aliphatic heterocycles. The van der Waals surface area contributed by atoms with Gasteiger partial charge < -0.3 is 5.32 Å². The van der Waals surface area contributed by atoms with Gasteiger partial charge in [0.15, 0.2) is 0 Å². The lowest BCUT2D eigenvalue weighted by molar-refractivity contribution is -0.385. The van der Waals surface area contributed by atoms with Gasteiger partial charge in [0.1, 0.15) is 5.56 Å². The van der Waals surface area contributed by atoms with E-state index in [9.17, 15) is 25.0 Å². The van der Waals surface area contributed by atoms with Gasteiger partial charge >= 0.3 is 0 Å². The summed E-state index contributed by atoms with van der Waals surface area (Å²) in [7, 11) is 0. The van der Waals surface area contributed by atoms with Crippen LogP contribution in [-0.4, -0.2) is 15.8 Å². The number of benzene rings is 2. The third kappa shape index (κ3) is 3.31. The number of anilines is 1. The molecule has 0 unspecified atom stereocenters. The summed E-state index contributed by atoms with van der Waals surface area (Å²) in [5.41, 5.74) is 0.488. The van der Waals surface area contributed by atoms with E-state index in [1.807, 2.05) is 0 Å². The molecule has 0 spiro atoms. The number of carbonyl (C=O) groups excluding carboxylic acids is 1. The Balaban J connectivity index is 2.37. The van der Waals surface area contributed by atoms with Crippen molar-refractivity contribution in [3.63, 3.8) is 0 Å². The quantitative estimate of drug-likeness (QED) is 0.686. The summed E-state index contributed by atoms with van der Waals surface area (Å²) in [6, 6.07) is 8.62. The van der Waals surface area contributed by atoms with E-state index < -0.39 is 15.8 Å². The smallest absolute Gasteiger partial charge is 0.285 e. The number of hydrogen-bond acceptors (Lipinski definition) is 5. The van der Waals surface area contributed by atoms with E-state index >= 15 is 0 Å². The summed E-state index contributed by atoms with van der Waals surface area (Å²) in [6.07, 6.45) is 0. The average Bonchev–Trinajstić information content (AvgIpc) is 2.48. The molecule has 1 N–H and O–H groups in total. The first-order valence-corrected chi connectivity index (χ1v) is 6.61. The fourth-order valence-corrected chi connectivity index (χ4v) is 2.17. The molecule has 8 nitrogen and oxygen atoms in total. The highest BCUT2D eigenvalue weighted by Gasteiger charge is 2.23. The molecule has 1 amide bonds. The third-order valence-electron chi connectivity index (χ3n) is 3.33. The molecule has 0 radical (unpaired) electrons. The summed E-state index contributed by atoms with van der Waals surface area (Å²) in [5.74, 6) is -0.696. The number of nitrogens with zero attached hydrogens (tertiary/aromatic N) is 2. The Hall–Kier alpha value is -3.29. The number of aryl methyl sites for hydroxylation is 2. The van der Waals surface area contributed by atoms with Crippen LogP contribution in [0.5, 0.6) is 0 Å². The zero-order chi connectivity index (χ0) is 17.1. The minimum Gasteiger partial charge on any atom is -0.322 e. The maximum Gasteiger partial charge on any atom is 0.285 e.